The molecule has 0 aliphatic carbocycles. The molecule has 6 aromatic carbocycles. The zero-order chi connectivity index (χ0) is 28.3. The molecule has 0 radical (unpaired) electrons. The van der Waals surface area contributed by atoms with E-state index in [2.05, 4.69) is 114 Å². The summed E-state index contributed by atoms with van der Waals surface area (Å²) in [6.07, 6.45) is -0.424. The van der Waals surface area contributed by atoms with Gasteiger partial charge in [0.1, 0.15) is 18.2 Å². The van der Waals surface area contributed by atoms with E-state index in [1.165, 1.54) is 5.39 Å². The Kier molecular flexibility index (Phi) is 6.77. The van der Waals surface area contributed by atoms with Crippen LogP contribution in [0.5, 0.6) is 0 Å². The summed E-state index contributed by atoms with van der Waals surface area (Å²) in [5, 5.41) is 19.4. The van der Waals surface area contributed by atoms with Gasteiger partial charge in [0.15, 0.2) is 0 Å². The molecule has 200 valence electrons. The monoisotopic (exact) mass is 540 g/mol. The quantitative estimate of drug-likeness (QED) is 0.231. The Balaban J connectivity index is 1.38. The molecule has 7 rings (SSSR count). The molecule has 0 spiro atoms. The molecular weight excluding hydrogens is 512 g/mol. The van der Waals surface area contributed by atoms with Gasteiger partial charge in [-0.3, -0.25) is 5.32 Å². The summed E-state index contributed by atoms with van der Waals surface area (Å²) < 4.78 is 0. The molecule has 0 fully saturated rings. The van der Waals surface area contributed by atoms with E-state index in [1.807, 2.05) is 48.5 Å². The van der Waals surface area contributed by atoms with Crippen LogP contribution in [0.25, 0.3) is 33.0 Å². The van der Waals surface area contributed by atoms with E-state index < -0.39 is 0 Å². The molecule has 1 aliphatic heterocycles. The first-order valence-electron chi connectivity index (χ1n) is 14.1. The first kappa shape index (κ1) is 25.5. The van der Waals surface area contributed by atoms with Crippen LogP contribution in [0.3, 0.4) is 0 Å². The Bertz CT molecular complexity index is 1940. The summed E-state index contributed by atoms with van der Waals surface area (Å²) in [6.45, 7) is 0. The molecule has 6 aromatic rings. The van der Waals surface area contributed by atoms with Gasteiger partial charge in [0.2, 0.25) is 0 Å². The van der Waals surface area contributed by atoms with Crippen molar-refractivity contribution in [2.24, 2.45) is 4.99 Å². The second-order valence-electron chi connectivity index (χ2n) is 10.4. The highest BCUT2D eigenvalue weighted by atomic mass is 15.3. The number of fused-ring (bicyclic) bond motifs is 1. The summed E-state index contributed by atoms with van der Waals surface area (Å²) >= 11 is 0. The smallest absolute Gasteiger partial charge is 0.131 e. The third-order valence-corrected chi connectivity index (χ3v) is 7.84. The fourth-order valence-electron chi connectivity index (χ4n) is 5.77. The van der Waals surface area contributed by atoms with Crippen LogP contribution in [-0.2, 0) is 0 Å². The standard InChI is InChI=1S/C38H28N4/c39-25-31-16-8-9-17-32(31)27-19-21-28(22-20-27)34-24-23-26-11-7-10-18-33(26)35(34)38-41-36(29-12-3-1-4-13-29)40-37(42-38)30-14-5-2-6-15-30/h1-24,36,38,41H,(H,40,42). The first-order chi connectivity index (χ1) is 20.8. The van der Waals surface area contributed by atoms with Gasteiger partial charge in [0.05, 0.1) is 11.6 Å². The third-order valence-electron chi connectivity index (χ3n) is 7.84. The van der Waals surface area contributed by atoms with Crippen molar-refractivity contribution < 1.29 is 0 Å². The average Bonchev–Trinajstić information content (AvgIpc) is 3.08. The van der Waals surface area contributed by atoms with Crippen molar-refractivity contribution in [3.05, 3.63) is 168 Å². The molecule has 0 saturated heterocycles. The summed E-state index contributed by atoms with van der Waals surface area (Å²) in [6, 6.07) is 52.2. The number of aliphatic imine (C=N–C) groups is 1. The summed E-state index contributed by atoms with van der Waals surface area (Å²) in [5.74, 6) is 0.857. The number of amidine groups is 1. The lowest BCUT2D eigenvalue weighted by molar-refractivity contribution is 0.411. The number of hydrogen-bond acceptors (Lipinski definition) is 4. The average molecular weight is 541 g/mol. The van der Waals surface area contributed by atoms with Crippen molar-refractivity contribution >= 4 is 16.6 Å². The molecule has 2 atom stereocenters. The molecule has 42 heavy (non-hydrogen) atoms. The van der Waals surface area contributed by atoms with Crippen molar-refractivity contribution in [1.82, 2.24) is 10.6 Å². The molecule has 4 heteroatoms. The van der Waals surface area contributed by atoms with Crippen LogP contribution in [-0.4, -0.2) is 5.84 Å². The highest BCUT2D eigenvalue weighted by Crippen LogP contribution is 2.38. The predicted octanol–water partition coefficient (Wildman–Crippen LogP) is 8.38. The van der Waals surface area contributed by atoms with Gasteiger partial charge in [0.25, 0.3) is 0 Å². The van der Waals surface area contributed by atoms with Crippen molar-refractivity contribution in [2.75, 3.05) is 0 Å². The van der Waals surface area contributed by atoms with Gasteiger partial charge in [-0.1, -0.05) is 140 Å². The molecule has 2 unspecified atom stereocenters. The highest BCUT2D eigenvalue weighted by molar-refractivity contribution is 6.00. The Morgan fingerprint density at radius 3 is 1.98 bits per heavy atom. The van der Waals surface area contributed by atoms with Crippen LogP contribution in [0.4, 0.5) is 0 Å². The lowest BCUT2D eigenvalue weighted by atomic mass is 9.90. The minimum atomic E-state index is -0.299. The second-order valence-corrected chi connectivity index (χ2v) is 10.4. The Morgan fingerprint density at radius 1 is 0.571 bits per heavy atom. The molecule has 2 N–H and O–H groups in total. The Morgan fingerprint density at radius 2 is 1.21 bits per heavy atom. The second kappa shape index (κ2) is 11.2. The minimum absolute atomic E-state index is 0.124. The van der Waals surface area contributed by atoms with Crippen LogP contribution < -0.4 is 10.6 Å². The fraction of sp³-hybridized carbons (Fsp3) is 0.0526. The third kappa shape index (κ3) is 4.83. The molecule has 1 heterocycles. The fourth-order valence-corrected chi connectivity index (χ4v) is 5.77. The summed E-state index contributed by atoms with van der Waals surface area (Å²) in [7, 11) is 0. The number of benzene rings is 6. The molecule has 1 aliphatic rings. The van der Waals surface area contributed by atoms with E-state index in [4.69, 9.17) is 4.99 Å². The van der Waals surface area contributed by atoms with E-state index in [-0.39, 0.29) is 12.3 Å². The molecular formula is C38H28N4. The molecule has 4 nitrogen and oxygen atoms in total. The lowest BCUT2D eigenvalue weighted by Gasteiger charge is -2.33. The van der Waals surface area contributed by atoms with E-state index in [0.717, 1.165) is 50.2 Å². The van der Waals surface area contributed by atoms with E-state index in [9.17, 15) is 5.26 Å². The normalized spacial score (nSPS) is 16.3. The SMILES string of the molecule is N#Cc1ccccc1-c1ccc(-c2ccc3ccccc3c2C2N=C(c3ccccc3)NC(c3ccccc3)N2)cc1. The van der Waals surface area contributed by atoms with Gasteiger partial charge >= 0.3 is 0 Å². The van der Waals surface area contributed by atoms with Gasteiger partial charge < -0.3 is 5.32 Å². The number of hydrogen-bond donors (Lipinski definition) is 2. The maximum absolute atomic E-state index is 9.63. The Hall–Kier alpha value is -5.50. The van der Waals surface area contributed by atoms with Gasteiger partial charge in [0, 0.05) is 11.1 Å². The summed E-state index contributed by atoms with van der Waals surface area (Å²) in [4.78, 5) is 5.28. The van der Waals surface area contributed by atoms with Crippen LogP contribution >= 0.6 is 0 Å². The van der Waals surface area contributed by atoms with Gasteiger partial charge in [-0.2, -0.15) is 5.26 Å². The summed E-state index contributed by atoms with van der Waals surface area (Å²) in [5.41, 5.74) is 8.18. The molecule has 0 aromatic heterocycles. The van der Waals surface area contributed by atoms with Crippen LogP contribution in [0.15, 0.2) is 151 Å². The predicted molar refractivity (Wildman–Crippen MR) is 171 cm³/mol. The van der Waals surface area contributed by atoms with Crippen molar-refractivity contribution in [3.8, 4) is 28.3 Å². The van der Waals surface area contributed by atoms with Crippen LogP contribution in [0.2, 0.25) is 0 Å². The first-order valence-corrected chi connectivity index (χ1v) is 14.1. The van der Waals surface area contributed by atoms with E-state index in [0.29, 0.717) is 5.56 Å². The molecule has 0 amide bonds. The number of nitrogens with zero attached hydrogens (tertiary/aromatic N) is 2. The largest absolute Gasteiger partial charge is 0.350 e. The maximum Gasteiger partial charge on any atom is 0.131 e. The maximum atomic E-state index is 9.63. The lowest BCUT2D eigenvalue weighted by Crippen LogP contribution is -2.45. The highest BCUT2D eigenvalue weighted by Gasteiger charge is 2.28. The topological polar surface area (TPSA) is 60.2 Å². The van der Waals surface area contributed by atoms with Crippen molar-refractivity contribution in [2.45, 2.75) is 12.3 Å². The van der Waals surface area contributed by atoms with E-state index >= 15 is 0 Å². The Labute approximate surface area is 245 Å². The number of nitrogens with one attached hydrogen (secondary N) is 2. The van der Waals surface area contributed by atoms with Crippen LogP contribution in [0, 0.1) is 11.3 Å². The van der Waals surface area contributed by atoms with Gasteiger partial charge in [-0.05, 0) is 44.7 Å². The van der Waals surface area contributed by atoms with E-state index in [1.54, 1.807) is 0 Å². The van der Waals surface area contributed by atoms with Gasteiger partial charge in [-0.25, -0.2) is 4.99 Å². The van der Waals surface area contributed by atoms with Crippen molar-refractivity contribution in [1.29, 1.82) is 5.26 Å². The van der Waals surface area contributed by atoms with Gasteiger partial charge in [-0.15, -0.1) is 0 Å². The molecule has 0 saturated carbocycles. The zero-order valence-electron chi connectivity index (χ0n) is 22.9. The van der Waals surface area contributed by atoms with Crippen LogP contribution in [0.1, 0.15) is 34.6 Å². The number of rotatable bonds is 5. The minimum Gasteiger partial charge on any atom is -0.350 e. The zero-order valence-corrected chi connectivity index (χ0v) is 22.9. The van der Waals surface area contributed by atoms with Crippen molar-refractivity contribution in [3.63, 3.8) is 0 Å². The number of nitriles is 1. The molecule has 0 bridgehead atoms.